The van der Waals surface area contributed by atoms with Gasteiger partial charge in [0.2, 0.25) is 5.91 Å². The largest absolute Gasteiger partial charge is 0.336 e. The molecule has 0 bridgehead atoms. The lowest BCUT2D eigenvalue weighted by Gasteiger charge is -2.20. The Kier molecular flexibility index (Phi) is 4.43. The third-order valence-electron chi connectivity index (χ3n) is 6.00. The summed E-state index contributed by atoms with van der Waals surface area (Å²) >= 11 is 0. The lowest BCUT2D eigenvalue weighted by atomic mass is 10.1. The maximum atomic E-state index is 12.5. The average Bonchev–Trinajstić information content (AvgIpc) is 3.46. The van der Waals surface area contributed by atoms with Gasteiger partial charge >= 0.3 is 0 Å². The predicted molar refractivity (Wildman–Crippen MR) is 109 cm³/mol. The van der Waals surface area contributed by atoms with Crippen molar-refractivity contribution < 1.29 is 9.59 Å². The summed E-state index contributed by atoms with van der Waals surface area (Å²) in [6, 6.07) is 9.80. The van der Waals surface area contributed by atoms with Crippen LogP contribution < -0.4 is 15.5 Å². The molecular weight excluding hydrogens is 368 g/mol. The van der Waals surface area contributed by atoms with Crippen LogP contribution in [0.25, 0.3) is 0 Å². The summed E-state index contributed by atoms with van der Waals surface area (Å²) < 4.78 is 0. The van der Waals surface area contributed by atoms with E-state index in [2.05, 4.69) is 27.2 Å². The normalized spacial score (nSPS) is 21.2. The van der Waals surface area contributed by atoms with Gasteiger partial charge in [-0.05, 0) is 55.2 Å². The molecule has 0 saturated carbocycles. The molecule has 8 heteroatoms. The van der Waals surface area contributed by atoms with Gasteiger partial charge in [0.15, 0.2) is 11.5 Å². The van der Waals surface area contributed by atoms with Crippen molar-refractivity contribution in [2.24, 2.45) is 5.73 Å². The molecule has 1 atom stereocenters. The molecule has 1 unspecified atom stereocenters. The molecule has 4 heterocycles. The van der Waals surface area contributed by atoms with Gasteiger partial charge in [-0.3, -0.25) is 9.59 Å². The zero-order valence-electron chi connectivity index (χ0n) is 16.3. The van der Waals surface area contributed by atoms with Crippen molar-refractivity contribution in [1.29, 1.82) is 0 Å². The second-order valence-electron chi connectivity index (χ2n) is 7.94. The molecule has 1 aromatic carbocycles. The molecule has 0 spiro atoms. The molecule has 2 saturated heterocycles. The van der Waals surface area contributed by atoms with E-state index in [0.717, 1.165) is 49.5 Å². The maximum Gasteiger partial charge on any atom is 0.274 e. The molecule has 3 aliphatic heterocycles. The van der Waals surface area contributed by atoms with E-state index >= 15 is 0 Å². The van der Waals surface area contributed by atoms with E-state index in [-0.39, 0.29) is 17.9 Å². The number of hydrogen-bond donors (Lipinski definition) is 1. The number of likely N-dealkylation sites (tertiary alicyclic amines) is 1. The number of rotatable bonds is 3. The lowest BCUT2D eigenvalue weighted by Crippen LogP contribution is -2.32. The van der Waals surface area contributed by atoms with E-state index in [9.17, 15) is 9.59 Å². The second-order valence-corrected chi connectivity index (χ2v) is 7.94. The van der Waals surface area contributed by atoms with Gasteiger partial charge < -0.3 is 20.4 Å². The monoisotopic (exact) mass is 392 g/mol. The third kappa shape index (κ3) is 3.23. The molecule has 2 fully saturated rings. The van der Waals surface area contributed by atoms with E-state index in [4.69, 9.17) is 5.73 Å². The highest BCUT2D eigenvalue weighted by atomic mass is 16.2. The fourth-order valence-corrected chi connectivity index (χ4v) is 4.43. The summed E-state index contributed by atoms with van der Waals surface area (Å²) in [4.78, 5) is 30.3. The zero-order chi connectivity index (χ0) is 20.0. The molecule has 2 aromatic rings. The molecule has 2 N–H and O–H groups in total. The Hall–Kier alpha value is -3.00. The van der Waals surface area contributed by atoms with E-state index in [1.807, 2.05) is 17.0 Å². The van der Waals surface area contributed by atoms with Gasteiger partial charge in [0.25, 0.3) is 5.91 Å². The molecule has 3 aliphatic rings. The highest BCUT2D eigenvalue weighted by Crippen LogP contribution is 2.36. The Morgan fingerprint density at radius 3 is 2.62 bits per heavy atom. The smallest absolute Gasteiger partial charge is 0.274 e. The number of fused-ring (bicyclic) bond motifs is 1. The summed E-state index contributed by atoms with van der Waals surface area (Å²) in [7, 11) is 0. The Balaban J connectivity index is 1.34. The number of carbonyl (C=O) groups is 2. The highest BCUT2D eigenvalue weighted by molar-refractivity contribution is 5.96. The van der Waals surface area contributed by atoms with Crippen LogP contribution in [0.2, 0.25) is 0 Å². The van der Waals surface area contributed by atoms with Crippen LogP contribution in [-0.4, -0.2) is 59.1 Å². The average molecular weight is 392 g/mol. The quantitative estimate of drug-likeness (QED) is 0.850. The minimum Gasteiger partial charge on any atom is -0.336 e. The first kappa shape index (κ1) is 18.1. The van der Waals surface area contributed by atoms with Crippen molar-refractivity contribution in [3.8, 4) is 0 Å². The molecule has 1 aromatic heterocycles. The molecule has 150 valence electrons. The Morgan fingerprint density at radius 1 is 1.03 bits per heavy atom. The number of benzene rings is 1. The van der Waals surface area contributed by atoms with Crippen LogP contribution in [0.4, 0.5) is 17.2 Å². The van der Waals surface area contributed by atoms with Crippen LogP contribution in [0.5, 0.6) is 0 Å². The molecule has 8 nitrogen and oxygen atoms in total. The molecule has 5 rings (SSSR count). The summed E-state index contributed by atoms with van der Waals surface area (Å²) in [6.45, 7) is 2.84. The van der Waals surface area contributed by atoms with Gasteiger partial charge in [0.1, 0.15) is 0 Å². The first-order valence-electron chi connectivity index (χ1n) is 10.2. The number of amides is 2. The van der Waals surface area contributed by atoms with Crippen LogP contribution in [0.1, 0.15) is 35.3 Å². The van der Waals surface area contributed by atoms with Crippen molar-refractivity contribution in [2.45, 2.75) is 31.7 Å². The standard InChI is InChI=1S/C21H24N6O2/c22-15-8-10-25(13-15)21(29)17-4-6-19(24-23-17)27-11-7-14-12-16(3-5-18(14)27)26-9-1-2-20(26)28/h3-6,12,15H,1-2,7-11,13,22H2. The first-order valence-corrected chi connectivity index (χ1v) is 10.2. The lowest BCUT2D eigenvalue weighted by molar-refractivity contribution is -0.117. The number of hydrogen-bond acceptors (Lipinski definition) is 6. The first-order chi connectivity index (χ1) is 14.1. The van der Waals surface area contributed by atoms with Gasteiger partial charge in [-0.1, -0.05) is 0 Å². The van der Waals surface area contributed by atoms with Crippen molar-refractivity contribution >= 4 is 29.0 Å². The zero-order valence-corrected chi connectivity index (χ0v) is 16.3. The van der Waals surface area contributed by atoms with Gasteiger partial charge in [0, 0.05) is 50.0 Å². The minimum absolute atomic E-state index is 0.0491. The van der Waals surface area contributed by atoms with Crippen LogP contribution in [0.15, 0.2) is 30.3 Å². The van der Waals surface area contributed by atoms with Crippen molar-refractivity contribution in [3.63, 3.8) is 0 Å². The van der Waals surface area contributed by atoms with Crippen LogP contribution >= 0.6 is 0 Å². The van der Waals surface area contributed by atoms with Gasteiger partial charge in [-0.2, -0.15) is 0 Å². The Bertz CT molecular complexity index is 960. The topological polar surface area (TPSA) is 95.7 Å². The molecule has 0 radical (unpaired) electrons. The van der Waals surface area contributed by atoms with Gasteiger partial charge in [-0.15, -0.1) is 10.2 Å². The minimum atomic E-state index is -0.112. The molecule has 2 amide bonds. The number of aromatic nitrogens is 2. The summed E-state index contributed by atoms with van der Waals surface area (Å²) in [5.74, 6) is 0.812. The predicted octanol–water partition coefficient (Wildman–Crippen LogP) is 1.47. The van der Waals surface area contributed by atoms with Gasteiger partial charge in [-0.25, -0.2) is 0 Å². The van der Waals surface area contributed by atoms with Crippen molar-refractivity contribution in [2.75, 3.05) is 36.0 Å². The van der Waals surface area contributed by atoms with Gasteiger partial charge in [0.05, 0.1) is 0 Å². The Morgan fingerprint density at radius 2 is 1.93 bits per heavy atom. The highest BCUT2D eigenvalue weighted by Gasteiger charge is 2.28. The summed E-state index contributed by atoms with van der Waals surface area (Å²) in [5.41, 5.74) is 9.51. The van der Waals surface area contributed by atoms with Crippen molar-refractivity contribution in [1.82, 2.24) is 15.1 Å². The number of anilines is 3. The summed E-state index contributed by atoms with van der Waals surface area (Å²) in [5, 5.41) is 8.50. The van der Waals surface area contributed by atoms with E-state index < -0.39 is 0 Å². The SMILES string of the molecule is NC1CCN(C(=O)c2ccc(N3CCc4cc(N5CCCC5=O)ccc43)nn2)C1. The van der Waals surface area contributed by atoms with Crippen molar-refractivity contribution in [3.05, 3.63) is 41.6 Å². The molecule has 29 heavy (non-hydrogen) atoms. The van der Waals surface area contributed by atoms with E-state index in [1.165, 1.54) is 5.56 Å². The van der Waals surface area contributed by atoms with Crippen LogP contribution in [0, 0.1) is 0 Å². The molecular formula is C21H24N6O2. The second kappa shape index (κ2) is 7.11. The fourth-order valence-electron chi connectivity index (χ4n) is 4.43. The van der Waals surface area contributed by atoms with Crippen LogP contribution in [-0.2, 0) is 11.2 Å². The Labute approximate surface area is 169 Å². The third-order valence-corrected chi connectivity index (χ3v) is 6.00. The maximum absolute atomic E-state index is 12.5. The fraction of sp³-hybridized carbons (Fsp3) is 0.429. The number of nitrogens with two attached hydrogens (primary N) is 1. The number of nitrogens with zero attached hydrogens (tertiary/aromatic N) is 5. The van der Waals surface area contributed by atoms with E-state index in [0.29, 0.717) is 25.2 Å². The number of carbonyl (C=O) groups excluding carboxylic acids is 2. The molecule has 0 aliphatic carbocycles. The van der Waals surface area contributed by atoms with E-state index in [1.54, 1.807) is 11.0 Å². The van der Waals surface area contributed by atoms with Crippen LogP contribution in [0.3, 0.4) is 0 Å². The summed E-state index contributed by atoms with van der Waals surface area (Å²) in [6.07, 6.45) is 3.27.